The predicted molar refractivity (Wildman–Crippen MR) is 16.7 cm³/mol. The van der Waals surface area contributed by atoms with Gasteiger partial charge in [-0.25, -0.2) is 0 Å². The maximum Gasteiger partial charge on any atom is -0.00990 e. The third-order valence-electron chi connectivity index (χ3n) is 0.0962. The maximum absolute atomic E-state index is 6.15. The molecule has 0 aliphatic carbocycles. The van der Waals surface area contributed by atoms with Crippen molar-refractivity contribution in [1.29, 1.82) is 0 Å². The van der Waals surface area contributed by atoms with Gasteiger partial charge in [-0.15, -0.1) is 0 Å². The van der Waals surface area contributed by atoms with Crippen LogP contribution in [0.2, 0.25) is 0 Å². The second-order valence-corrected chi connectivity index (χ2v) is 0.359. The molecule has 0 spiro atoms. The van der Waals surface area contributed by atoms with Crippen LogP contribution in [0.1, 0.15) is 0 Å². The van der Waals surface area contributed by atoms with Crippen LogP contribution in [0.15, 0.2) is 12.2 Å². The van der Waals surface area contributed by atoms with Gasteiger partial charge in [-0.05, 0) is 6.58 Å². The lowest BCUT2D eigenvalue weighted by Gasteiger charge is -1.42. The van der Waals surface area contributed by atoms with Crippen molar-refractivity contribution in [1.82, 2.24) is 0 Å². The van der Waals surface area contributed by atoms with Crippen LogP contribution in [-0.2, 0) is 0 Å². The van der Waals surface area contributed by atoms with E-state index in [0.717, 1.165) is 6.08 Å². The highest BCUT2D eigenvalue weighted by Crippen LogP contribution is 1.51. The molecule has 4 heavy (non-hydrogen) atoms. The summed E-state index contributed by atoms with van der Waals surface area (Å²) in [5.41, 5.74) is 0. The Morgan fingerprint density at radius 1 is 1.75 bits per heavy atom. The molecule has 0 amide bonds. The van der Waals surface area contributed by atoms with Gasteiger partial charge in [0.15, 0.2) is 0 Å². The van der Waals surface area contributed by atoms with Gasteiger partial charge in [0.2, 0.25) is 0 Å². The fourth-order valence-corrected chi connectivity index (χ4v) is 0. The van der Waals surface area contributed by atoms with Crippen LogP contribution in [0.5, 0.6) is 0 Å². The summed E-state index contributed by atoms with van der Waals surface area (Å²) in [5, 5.41) is 0. The van der Waals surface area contributed by atoms with Crippen LogP contribution in [-0.4, -0.2) is 0 Å². The zero-order chi connectivity index (χ0) is 3.41. The summed E-state index contributed by atoms with van der Waals surface area (Å²) in [6.07, 6.45) is 2.19. The van der Waals surface area contributed by atoms with E-state index in [4.69, 9.17) is 6.58 Å². The molecule has 0 bridgehead atoms. The van der Waals surface area contributed by atoms with E-state index >= 15 is 0 Å². The topological polar surface area (TPSA) is 0 Å². The largest absolute Gasteiger partial charge is 0.0622 e. The first-order valence-corrected chi connectivity index (χ1v) is 0.955. The number of hydrogen-bond acceptors (Lipinski definition) is 0. The monoisotopic (exact) mass is 51.0 g/mol. The smallest absolute Gasteiger partial charge is 0.00990 e. The molecule has 0 aliphatic heterocycles. The number of rotatable bonds is 1. The zero-order valence-electron chi connectivity index (χ0n) is 2.23. The Kier molecular flexibility index (Phi) is 2.16. The molecule has 0 nitrogen and oxygen atoms in total. The van der Waals surface area contributed by atoms with E-state index < -0.39 is 0 Å². The van der Waals surface area contributed by atoms with Gasteiger partial charge in [-0.1, -0.05) is 18.7 Å². The first-order chi connectivity index (χ1) is 1.91. The molecule has 0 aromatic rings. The Balaban J connectivity index is 2.73. The molecule has 0 fully saturated rings. The Hall–Kier alpha value is -0.520. The minimum Gasteiger partial charge on any atom is -0.0622 e. The van der Waals surface area contributed by atoms with Crippen LogP contribution in [0, 0.1) is 13.2 Å². The third-order valence-corrected chi connectivity index (χ3v) is 0.0962. The van der Waals surface area contributed by atoms with E-state index in [2.05, 4.69) is 6.58 Å². The Labute approximate surface area is 26.5 Å². The quantitative estimate of drug-likeness (QED) is 0.387. The predicted octanol–water partition coefficient (Wildman–Crippen LogP) is 0.842. The Morgan fingerprint density at radius 2 is 2.00 bits per heavy atom. The molecule has 0 rings (SSSR count). The van der Waals surface area contributed by atoms with Gasteiger partial charge in [0.25, 0.3) is 0 Å². The fourth-order valence-electron chi connectivity index (χ4n) is 0. The molecular weight excluding hydrogens is 48.0 g/mol. The van der Waals surface area contributed by atoms with Gasteiger partial charge in [0.05, 0.1) is 0 Å². The van der Waals surface area contributed by atoms with Gasteiger partial charge in [0, 0.05) is 0 Å². The van der Waals surface area contributed by atoms with Gasteiger partial charge in [-0.2, -0.15) is 0 Å². The molecule has 0 atom stereocenters. The van der Waals surface area contributed by atoms with E-state index in [1.54, 1.807) is 0 Å². The lowest BCUT2D eigenvalue weighted by Crippen LogP contribution is -1.23. The Morgan fingerprint density at radius 3 is 2.00 bits per heavy atom. The second-order valence-electron chi connectivity index (χ2n) is 0.359. The van der Waals surface area contributed by atoms with Crippen molar-refractivity contribution in [2.45, 2.75) is 0 Å². The molecule has 19 valence electrons. The molecule has 3 radical (unpaired) electrons. The normalized spacial score (nSPS) is 5.00. The fraction of sp³-hybridized carbons (Fsp3) is 0. The minimum absolute atomic E-state index is 1.03. The summed E-state index contributed by atoms with van der Waals surface area (Å²) < 4.78 is 0. The molecule has 0 unspecified atom stereocenters. The summed E-state index contributed by atoms with van der Waals surface area (Å²) in [6.45, 7) is 10.8. The first-order valence-electron chi connectivity index (χ1n) is 0.955. The van der Waals surface area contributed by atoms with E-state index in [-0.39, 0.29) is 0 Å². The van der Waals surface area contributed by atoms with Gasteiger partial charge in [-0.3, -0.25) is 0 Å². The second kappa shape index (κ2) is 2.48. The van der Waals surface area contributed by atoms with Crippen LogP contribution < -0.4 is 0 Å². The SMILES string of the molecule is [C]=CC=[CH]. The molecule has 0 aliphatic rings. The Bertz CT molecular complexity index is 21.0. The van der Waals surface area contributed by atoms with Crippen LogP contribution in [0.25, 0.3) is 0 Å². The lowest BCUT2D eigenvalue weighted by atomic mass is 10.6. The summed E-state index contributed by atoms with van der Waals surface area (Å²) in [5.74, 6) is 0. The molecular formula is C4H3. The lowest BCUT2D eigenvalue weighted by molar-refractivity contribution is 2.08. The zero-order valence-corrected chi connectivity index (χ0v) is 2.23. The molecule has 0 heteroatoms. The summed E-state index contributed by atoms with van der Waals surface area (Å²) in [6, 6.07) is 0. The highest BCUT2D eigenvalue weighted by atomic mass is 13.4. The average Bonchev–Trinajstić information content (AvgIpc) is 1.37. The van der Waals surface area contributed by atoms with E-state index in [1.807, 2.05) is 0 Å². The molecule has 0 aromatic carbocycles. The number of allylic oxidation sites excluding steroid dienone is 2. The highest BCUT2D eigenvalue weighted by Gasteiger charge is 1.31. The standard InChI is InChI=1S/C4H3/c1-3-4-2/h1,3-4H. The van der Waals surface area contributed by atoms with Gasteiger partial charge >= 0.3 is 0 Å². The van der Waals surface area contributed by atoms with Crippen molar-refractivity contribution in [3.63, 3.8) is 0 Å². The van der Waals surface area contributed by atoms with Crippen molar-refractivity contribution in [2.75, 3.05) is 0 Å². The number of hydrogen-bond donors (Lipinski definition) is 0. The first kappa shape index (κ1) is 3.48. The highest BCUT2D eigenvalue weighted by molar-refractivity contribution is 4.83. The van der Waals surface area contributed by atoms with Crippen molar-refractivity contribution < 1.29 is 0 Å². The molecule has 0 saturated carbocycles. The van der Waals surface area contributed by atoms with Crippen molar-refractivity contribution in [3.8, 4) is 0 Å². The van der Waals surface area contributed by atoms with Crippen LogP contribution in [0.3, 0.4) is 0 Å². The summed E-state index contributed by atoms with van der Waals surface area (Å²) >= 11 is 0. The van der Waals surface area contributed by atoms with E-state index in [0.29, 0.717) is 0 Å². The summed E-state index contributed by atoms with van der Waals surface area (Å²) in [4.78, 5) is 0. The molecule has 0 N–H and O–H groups in total. The van der Waals surface area contributed by atoms with Gasteiger partial charge in [0.1, 0.15) is 0 Å². The molecule has 0 saturated heterocycles. The molecule has 0 heterocycles. The molecule has 0 aromatic heterocycles. The maximum atomic E-state index is 6.15. The minimum atomic E-state index is 1.03. The van der Waals surface area contributed by atoms with Crippen molar-refractivity contribution >= 4 is 0 Å². The van der Waals surface area contributed by atoms with E-state index in [9.17, 15) is 0 Å². The van der Waals surface area contributed by atoms with E-state index in [1.165, 1.54) is 6.08 Å². The van der Waals surface area contributed by atoms with Gasteiger partial charge < -0.3 is 0 Å². The summed E-state index contributed by atoms with van der Waals surface area (Å²) in [7, 11) is 0. The average molecular weight is 51.1 g/mol. The van der Waals surface area contributed by atoms with Crippen LogP contribution in [0.4, 0.5) is 0 Å². The third kappa shape index (κ3) is 1.48. The van der Waals surface area contributed by atoms with Crippen LogP contribution >= 0.6 is 0 Å². The van der Waals surface area contributed by atoms with Crippen molar-refractivity contribution in [2.24, 2.45) is 0 Å². The van der Waals surface area contributed by atoms with Crippen molar-refractivity contribution in [3.05, 3.63) is 25.3 Å².